The molecule has 0 bridgehead atoms. The average Bonchev–Trinajstić information content (AvgIpc) is 2.31. The number of nitrogens with one attached hydrogen (secondary N) is 1. The summed E-state index contributed by atoms with van der Waals surface area (Å²) in [6.45, 7) is 2.11. The summed E-state index contributed by atoms with van der Waals surface area (Å²) in [4.78, 5) is 0. The van der Waals surface area contributed by atoms with E-state index >= 15 is 0 Å². The second-order valence-electron chi connectivity index (χ2n) is 3.75. The van der Waals surface area contributed by atoms with Crippen LogP contribution in [0.25, 0.3) is 11.1 Å². The van der Waals surface area contributed by atoms with E-state index in [4.69, 9.17) is 0 Å². The maximum Gasteiger partial charge on any atom is 0.0446 e. The molecule has 1 N–H and O–H groups in total. The van der Waals surface area contributed by atoms with Gasteiger partial charge < -0.3 is 4.72 Å². The summed E-state index contributed by atoms with van der Waals surface area (Å²) in [5.74, 6) is 0. The van der Waals surface area contributed by atoms with Gasteiger partial charge in [0, 0.05) is 11.9 Å². The smallest absolute Gasteiger partial charge is 0.0446 e. The van der Waals surface area contributed by atoms with Crippen molar-refractivity contribution < 1.29 is 0 Å². The molecular weight excluding hydrogens is 214 g/mol. The van der Waals surface area contributed by atoms with Crippen LogP contribution in [0.3, 0.4) is 0 Å². The van der Waals surface area contributed by atoms with Crippen molar-refractivity contribution in [2.24, 2.45) is 0 Å². The summed E-state index contributed by atoms with van der Waals surface area (Å²) >= 11 is 1.61. The fourth-order valence-electron chi connectivity index (χ4n) is 1.63. The third kappa shape index (κ3) is 2.58. The first-order valence-corrected chi connectivity index (χ1v) is 6.48. The zero-order valence-electron chi connectivity index (χ0n) is 9.53. The molecule has 0 spiro atoms. The minimum Gasteiger partial charge on any atom is -0.330 e. The van der Waals surface area contributed by atoms with Gasteiger partial charge in [-0.25, -0.2) is 0 Å². The SMILES string of the molecule is CSNc1cccc(-c2ccc(C)cc2)c1. The molecule has 0 amide bonds. The summed E-state index contributed by atoms with van der Waals surface area (Å²) in [5.41, 5.74) is 4.95. The van der Waals surface area contributed by atoms with Gasteiger partial charge in [-0.2, -0.15) is 0 Å². The van der Waals surface area contributed by atoms with Crippen molar-refractivity contribution in [3.63, 3.8) is 0 Å². The molecule has 0 aliphatic rings. The molecule has 2 heteroatoms. The van der Waals surface area contributed by atoms with Crippen LogP contribution in [0.4, 0.5) is 5.69 Å². The van der Waals surface area contributed by atoms with Gasteiger partial charge in [0.15, 0.2) is 0 Å². The lowest BCUT2D eigenvalue weighted by Gasteiger charge is -2.06. The van der Waals surface area contributed by atoms with Gasteiger partial charge in [-0.3, -0.25) is 0 Å². The van der Waals surface area contributed by atoms with Gasteiger partial charge in [-0.15, -0.1) is 0 Å². The summed E-state index contributed by atoms with van der Waals surface area (Å²) in [6, 6.07) is 17.1. The van der Waals surface area contributed by atoms with Crippen LogP contribution in [0.15, 0.2) is 48.5 Å². The first kappa shape index (κ1) is 11.1. The van der Waals surface area contributed by atoms with E-state index in [1.807, 2.05) is 6.26 Å². The maximum atomic E-state index is 3.25. The molecule has 0 aliphatic heterocycles. The van der Waals surface area contributed by atoms with Gasteiger partial charge in [0.25, 0.3) is 0 Å². The molecule has 0 fully saturated rings. The van der Waals surface area contributed by atoms with Crippen molar-refractivity contribution in [1.29, 1.82) is 0 Å². The Morgan fingerprint density at radius 1 is 0.938 bits per heavy atom. The molecule has 0 saturated heterocycles. The topological polar surface area (TPSA) is 12.0 Å². The molecule has 0 heterocycles. The molecule has 16 heavy (non-hydrogen) atoms. The first-order valence-electron chi connectivity index (χ1n) is 5.26. The quantitative estimate of drug-likeness (QED) is 0.785. The molecule has 0 atom stereocenters. The summed E-state index contributed by atoms with van der Waals surface area (Å²) in [5, 5.41) is 0. The number of benzene rings is 2. The van der Waals surface area contributed by atoms with E-state index in [2.05, 4.69) is 60.2 Å². The van der Waals surface area contributed by atoms with Gasteiger partial charge in [-0.1, -0.05) is 53.9 Å². The van der Waals surface area contributed by atoms with Crippen molar-refractivity contribution >= 4 is 17.6 Å². The lowest BCUT2D eigenvalue weighted by molar-refractivity contribution is 1.47. The molecule has 0 saturated carbocycles. The largest absolute Gasteiger partial charge is 0.330 e. The van der Waals surface area contributed by atoms with Crippen LogP contribution in [0.1, 0.15) is 5.56 Å². The third-order valence-corrected chi connectivity index (χ3v) is 2.91. The van der Waals surface area contributed by atoms with E-state index in [9.17, 15) is 0 Å². The second kappa shape index (κ2) is 5.08. The molecule has 2 rings (SSSR count). The number of anilines is 1. The average molecular weight is 229 g/mol. The molecule has 0 unspecified atom stereocenters. The van der Waals surface area contributed by atoms with E-state index in [1.165, 1.54) is 16.7 Å². The Kier molecular flexibility index (Phi) is 3.52. The van der Waals surface area contributed by atoms with E-state index in [-0.39, 0.29) is 0 Å². The van der Waals surface area contributed by atoms with Gasteiger partial charge in [-0.05, 0) is 30.2 Å². The standard InChI is InChI=1S/C14H15NS/c1-11-6-8-12(9-7-11)13-4-3-5-14(10-13)15-16-2/h3-10,15H,1-2H3. The van der Waals surface area contributed by atoms with Gasteiger partial charge in [0.2, 0.25) is 0 Å². The van der Waals surface area contributed by atoms with Crippen LogP contribution in [-0.2, 0) is 0 Å². The van der Waals surface area contributed by atoms with Gasteiger partial charge in [0.1, 0.15) is 0 Å². The minimum atomic E-state index is 1.14. The van der Waals surface area contributed by atoms with Crippen LogP contribution in [0.5, 0.6) is 0 Å². The van der Waals surface area contributed by atoms with Crippen LogP contribution in [0.2, 0.25) is 0 Å². The molecule has 1 nitrogen and oxygen atoms in total. The molecule has 0 aromatic heterocycles. The van der Waals surface area contributed by atoms with Crippen LogP contribution < -0.4 is 4.72 Å². The highest BCUT2D eigenvalue weighted by Gasteiger charge is 1.98. The fraction of sp³-hybridized carbons (Fsp3) is 0.143. The lowest BCUT2D eigenvalue weighted by Crippen LogP contribution is -1.85. The Morgan fingerprint density at radius 3 is 2.38 bits per heavy atom. The first-order chi connectivity index (χ1) is 7.79. The molecule has 2 aromatic carbocycles. The Morgan fingerprint density at radius 2 is 1.69 bits per heavy atom. The Hall–Kier alpha value is -1.41. The fourth-order valence-corrected chi connectivity index (χ4v) is 1.99. The van der Waals surface area contributed by atoms with Crippen LogP contribution in [-0.4, -0.2) is 6.26 Å². The predicted octanol–water partition coefficient (Wildman–Crippen LogP) is 4.35. The van der Waals surface area contributed by atoms with Crippen molar-refractivity contribution in [3.05, 3.63) is 54.1 Å². The second-order valence-corrected chi connectivity index (χ2v) is 4.37. The normalized spacial score (nSPS) is 10.1. The summed E-state index contributed by atoms with van der Waals surface area (Å²) in [6.07, 6.45) is 2.03. The molecule has 0 radical (unpaired) electrons. The highest BCUT2D eigenvalue weighted by Crippen LogP contribution is 2.23. The summed E-state index contributed by atoms with van der Waals surface area (Å²) < 4.78 is 3.25. The van der Waals surface area contributed by atoms with Crippen molar-refractivity contribution in [3.8, 4) is 11.1 Å². The molecule has 2 aromatic rings. The third-order valence-electron chi connectivity index (χ3n) is 2.47. The molecular formula is C14H15NS. The van der Waals surface area contributed by atoms with Crippen LogP contribution in [0, 0.1) is 6.92 Å². The van der Waals surface area contributed by atoms with Gasteiger partial charge in [0.05, 0.1) is 0 Å². The van der Waals surface area contributed by atoms with E-state index < -0.39 is 0 Å². The van der Waals surface area contributed by atoms with Gasteiger partial charge >= 0.3 is 0 Å². The summed E-state index contributed by atoms with van der Waals surface area (Å²) in [7, 11) is 0. The van der Waals surface area contributed by atoms with E-state index in [0.717, 1.165) is 5.69 Å². The van der Waals surface area contributed by atoms with Crippen LogP contribution >= 0.6 is 11.9 Å². The highest BCUT2D eigenvalue weighted by molar-refractivity contribution is 7.99. The maximum absolute atomic E-state index is 3.25. The van der Waals surface area contributed by atoms with Crippen molar-refractivity contribution in [1.82, 2.24) is 0 Å². The monoisotopic (exact) mass is 229 g/mol. The zero-order valence-corrected chi connectivity index (χ0v) is 10.3. The predicted molar refractivity (Wildman–Crippen MR) is 73.8 cm³/mol. The number of hydrogen-bond donors (Lipinski definition) is 1. The zero-order chi connectivity index (χ0) is 11.4. The Bertz CT molecular complexity index is 462. The Balaban J connectivity index is 2.32. The Labute approximate surface area is 101 Å². The number of aryl methyl sites for hydroxylation is 1. The number of hydrogen-bond acceptors (Lipinski definition) is 2. The minimum absolute atomic E-state index is 1.14. The highest BCUT2D eigenvalue weighted by atomic mass is 32.2. The lowest BCUT2D eigenvalue weighted by atomic mass is 10.0. The molecule has 82 valence electrons. The van der Waals surface area contributed by atoms with Crippen molar-refractivity contribution in [2.75, 3.05) is 11.0 Å². The number of rotatable bonds is 3. The van der Waals surface area contributed by atoms with E-state index in [0.29, 0.717) is 0 Å². The van der Waals surface area contributed by atoms with Crippen molar-refractivity contribution in [2.45, 2.75) is 6.92 Å². The van der Waals surface area contributed by atoms with E-state index in [1.54, 1.807) is 11.9 Å². The molecule has 0 aliphatic carbocycles.